The molecule has 0 radical (unpaired) electrons. The van der Waals surface area contributed by atoms with Crippen LogP contribution in [0.5, 0.6) is 0 Å². The fraction of sp³-hybridized carbons (Fsp3) is 0.440. The Bertz CT molecular complexity index is 997. The van der Waals surface area contributed by atoms with Crippen molar-refractivity contribution in [2.24, 2.45) is 0 Å². The summed E-state index contributed by atoms with van der Waals surface area (Å²) in [5.41, 5.74) is 2.85. The number of anilines is 1. The number of piperazine rings is 1. The molecule has 2 aromatic rings. The smallest absolute Gasteiger partial charge is 0.255 e. The molecule has 2 aromatic carbocycles. The van der Waals surface area contributed by atoms with E-state index >= 15 is 0 Å². The summed E-state index contributed by atoms with van der Waals surface area (Å²) in [7, 11) is 0. The first-order chi connectivity index (χ1) is 16.4. The lowest BCUT2D eigenvalue weighted by Gasteiger charge is -2.29. The van der Waals surface area contributed by atoms with Gasteiger partial charge in [-0.25, -0.2) is 0 Å². The number of hydrogen-bond donors (Lipinski definition) is 4. The molecular weight excluding hydrogens is 456 g/mol. The normalized spacial score (nSPS) is 20.1. The van der Waals surface area contributed by atoms with E-state index in [1.807, 2.05) is 36.4 Å². The van der Waals surface area contributed by atoms with E-state index in [-0.39, 0.29) is 12.6 Å². The molecule has 4 rings (SSSR count). The van der Waals surface area contributed by atoms with Gasteiger partial charge in [0, 0.05) is 50.0 Å². The maximum atomic E-state index is 12.9. The number of halogens is 1. The van der Waals surface area contributed by atoms with Crippen LogP contribution in [0.4, 0.5) is 5.69 Å². The summed E-state index contributed by atoms with van der Waals surface area (Å²) in [6.07, 6.45) is -2.20. The van der Waals surface area contributed by atoms with Crippen molar-refractivity contribution in [1.82, 2.24) is 15.5 Å². The highest BCUT2D eigenvalue weighted by Crippen LogP contribution is 2.33. The molecule has 9 heteroatoms. The van der Waals surface area contributed by atoms with E-state index in [0.717, 1.165) is 55.8 Å². The van der Waals surface area contributed by atoms with Gasteiger partial charge in [-0.2, -0.15) is 0 Å². The fourth-order valence-electron chi connectivity index (χ4n) is 4.58. The lowest BCUT2D eigenvalue weighted by molar-refractivity contribution is -0.153. The highest BCUT2D eigenvalue weighted by molar-refractivity contribution is 6.30. The molecule has 2 heterocycles. The van der Waals surface area contributed by atoms with E-state index in [0.29, 0.717) is 11.6 Å². The minimum atomic E-state index is -1.85. The summed E-state index contributed by atoms with van der Waals surface area (Å²) >= 11 is 6.09. The summed E-state index contributed by atoms with van der Waals surface area (Å²) in [6, 6.07) is 14.9. The second-order valence-corrected chi connectivity index (χ2v) is 9.19. The molecule has 3 atom stereocenters. The molecule has 0 bridgehead atoms. The van der Waals surface area contributed by atoms with Gasteiger partial charge in [0.15, 0.2) is 12.2 Å². The number of benzene rings is 2. The van der Waals surface area contributed by atoms with Crippen LogP contribution in [-0.4, -0.2) is 71.9 Å². The first-order valence-electron chi connectivity index (χ1n) is 11.7. The molecule has 0 saturated carbocycles. The van der Waals surface area contributed by atoms with Crippen LogP contribution in [0.3, 0.4) is 0 Å². The molecule has 1 unspecified atom stereocenters. The molecule has 2 aliphatic rings. The van der Waals surface area contributed by atoms with Crippen LogP contribution in [0.1, 0.15) is 30.0 Å². The highest BCUT2D eigenvalue weighted by Gasteiger charge is 2.38. The predicted octanol–water partition coefficient (Wildman–Crippen LogP) is 1.45. The van der Waals surface area contributed by atoms with Crippen molar-refractivity contribution >= 4 is 29.1 Å². The molecular formula is C25H31ClN4O4. The van der Waals surface area contributed by atoms with Gasteiger partial charge in [0.05, 0.1) is 6.04 Å². The molecule has 8 nitrogen and oxygen atoms in total. The van der Waals surface area contributed by atoms with Crippen LogP contribution in [0.2, 0.25) is 5.02 Å². The fourth-order valence-corrected chi connectivity index (χ4v) is 4.78. The van der Waals surface area contributed by atoms with Gasteiger partial charge in [-0.1, -0.05) is 35.9 Å². The third-order valence-electron chi connectivity index (χ3n) is 6.48. The minimum Gasteiger partial charge on any atom is -0.380 e. The number of carbonyl (C=O) groups is 2. The zero-order chi connectivity index (χ0) is 24.1. The van der Waals surface area contributed by atoms with Crippen LogP contribution < -0.4 is 15.5 Å². The Hall–Kier alpha value is -2.65. The molecule has 0 aliphatic carbocycles. The Morgan fingerprint density at radius 3 is 2.50 bits per heavy atom. The number of nitrogens with one attached hydrogen (secondary N) is 2. The number of rotatable bonds is 7. The molecule has 4 N–H and O–H groups in total. The Labute approximate surface area is 204 Å². The van der Waals surface area contributed by atoms with Crippen molar-refractivity contribution in [3.05, 3.63) is 64.7 Å². The van der Waals surface area contributed by atoms with Gasteiger partial charge in [-0.15, -0.1) is 0 Å². The van der Waals surface area contributed by atoms with Crippen molar-refractivity contribution in [2.75, 3.05) is 37.6 Å². The topological polar surface area (TPSA) is 105 Å². The van der Waals surface area contributed by atoms with E-state index in [9.17, 15) is 19.8 Å². The summed E-state index contributed by atoms with van der Waals surface area (Å²) in [5.74, 6) is -1.45. The second-order valence-electron chi connectivity index (χ2n) is 8.76. The van der Waals surface area contributed by atoms with Gasteiger partial charge in [0.2, 0.25) is 0 Å². The zero-order valence-electron chi connectivity index (χ0n) is 19.0. The summed E-state index contributed by atoms with van der Waals surface area (Å²) in [4.78, 5) is 29.2. The third kappa shape index (κ3) is 5.70. The summed E-state index contributed by atoms with van der Waals surface area (Å²) < 4.78 is 0. The maximum Gasteiger partial charge on any atom is 0.255 e. The van der Waals surface area contributed by atoms with E-state index in [4.69, 9.17) is 11.6 Å². The zero-order valence-corrected chi connectivity index (χ0v) is 19.7. The minimum absolute atomic E-state index is 0.188. The standard InChI is InChI=1S/C25H31ClN4O4/c26-19-4-1-3-18(15-19)21-5-2-12-30(21)25(34)23(32)22(31)24(33)28-16-17-6-8-20(9-7-17)29-13-10-27-11-14-29/h1,3-4,6-9,15,21-23,27,31-32H,2,5,10-14,16H2,(H,28,33)/t21?,22-,23-/m1/s1. The van der Waals surface area contributed by atoms with Gasteiger partial charge in [0.25, 0.3) is 11.8 Å². The Morgan fingerprint density at radius 2 is 1.79 bits per heavy atom. The third-order valence-corrected chi connectivity index (χ3v) is 6.71. The van der Waals surface area contributed by atoms with Gasteiger partial charge < -0.3 is 30.6 Å². The second kappa shape index (κ2) is 11.2. The molecule has 2 saturated heterocycles. The lowest BCUT2D eigenvalue weighted by atomic mass is 10.0. The van der Waals surface area contributed by atoms with E-state index in [2.05, 4.69) is 15.5 Å². The van der Waals surface area contributed by atoms with Crippen LogP contribution in [-0.2, 0) is 16.1 Å². The molecule has 0 spiro atoms. The van der Waals surface area contributed by atoms with E-state index in [1.165, 1.54) is 4.90 Å². The molecule has 2 aliphatic heterocycles. The van der Waals surface area contributed by atoms with Crippen LogP contribution in [0.15, 0.2) is 48.5 Å². The van der Waals surface area contributed by atoms with Crippen LogP contribution in [0.25, 0.3) is 0 Å². The van der Waals surface area contributed by atoms with Crippen molar-refractivity contribution in [3.63, 3.8) is 0 Å². The van der Waals surface area contributed by atoms with Crippen molar-refractivity contribution in [1.29, 1.82) is 0 Å². The number of nitrogens with zero attached hydrogens (tertiary/aromatic N) is 2. The SMILES string of the molecule is O=C(NCc1ccc(N2CCNCC2)cc1)[C@H](O)[C@@H](O)C(=O)N1CCCC1c1cccc(Cl)c1. The number of amides is 2. The van der Waals surface area contributed by atoms with Gasteiger partial charge in [-0.3, -0.25) is 9.59 Å². The first kappa shape index (κ1) is 24.5. The highest BCUT2D eigenvalue weighted by atomic mass is 35.5. The van der Waals surface area contributed by atoms with E-state index in [1.54, 1.807) is 12.1 Å². The van der Waals surface area contributed by atoms with Crippen molar-refractivity contribution < 1.29 is 19.8 Å². The van der Waals surface area contributed by atoms with Crippen LogP contribution in [0, 0.1) is 0 Å². The quantitative estimate of drug-likeness (QED) is 0.472. The average Bonchev–Trinajstić information content (AvgIpc) is 3.37. The number of carbonyl (C=O) groups excluding carboxylic acids is 2. The molecule has 2 fully saturated rings. The van der Waals surface area contributed by atoms with Crippen molar-refractivity contribution in [2.45, 2.75) is 37.6 Å². The van der Waals surface area contributed by atoms with Gasteiger partial charge in [0.1, 0.15) is 0 Å². The molecule has 2 amide bonds. The largest absolute Gasteiger partial charge is 0.380 e. The number of likely N-dealkylation sites (tertiary alicyclic amines) is 1. The summed E-state index contributed by atoms with van der Waals surface area (Å²) in [6.45, 7) is 4.43. The van der Waals surface area contributed by atoms with Crippen LogP contribution >= 0.6 is 11.6 Å². The number of aliphatic hydroxyl groups is 2. The lowest BCUT2D eigenvalue weighted by Crippen LogP contribution is -2.50. The average molecular weight is 487 g/mol. The van der Waals surface area contributed by atoms with Crippen molar-refractivity contribution in [3.8, 4) is 0 Å². The maximum absolute atomic E-state index is 12.9. The Morgan fingerprint density at radius 1 is 1.06 bits per heavy atom. The molecule has 182 valence electrons. The van der Waals surface area contributed by atoms with Gasteiger partial charge in [-0.05, 0) is 48.2 Å². The number of aliphatic hydroxyl groups excluding tert-OH is 2. The molecule has 0 aromatic heterocycles. The predicted molar refractivity (Wildman–Crippen MR) is 131 cm³/mol. The molecule has 34 heavy (non-hydrogen) atoms. The Kier molecular flexibility index (Phi) is 8.05. The number of hydrogen-bond acceptors (Lipinski definition) is 6. The first-order valence-corrected chi connectivity index (χ1v) is 12.1. The Balaban J connectivity index is 1.31. The monoisotopic (exact) mass is 486 g/mol. The summed E-state index contributed by atoms with van der Waals surface area (Å²) in [5, 5.41) is 27.3. The van der Waals surface area contributed by atoms with E-state index < -0.39 is 24.0 Å². The van der Waals surface area contributed by atoms with Gasteiger partial charge >= 0.3 is 0 Å².